The Morgan fingerprint density at radius 1 is 0.889 bits per heavy atom. The molecule has 0 heterocycles. The van der Waals surface area contributed by atoms with Gasteiger partial charge in [-0.1, -0.05) is 42.0 Å². The van der Waals surface area contributed by atoms with Crippen LogP contribution >= 0.6 is 0 Å². The Labute approximate surface area is 159 Å². The monoisotopic (exact) mass is 382 g/mol. The molecule has 3 atom stereocenters. The van der Waals surface area contributed by atoms with Gasteiger partial charge < -0.3 is 0 Å². The van der Waals surface area contributed by atoms with Crippen molar-refractivity contribution in [1.29, 1.82) is 0 Å². The van der Waals surface area contributed by atoms with Gasteiger partial charge in [-0.3, -0.25) is 9.59 Å². The number of aryl methyl sites for hydroxylation is 2. The highest BCUT2D eigenvalue weighted by Crippen LogP contribution is 2.42. The number of Topliss-reactive ketones (excluding diaryl/α,β-unsaturated/α-hetero) is 2. The highest BCUT2D eigenvalue weighted by atomic mass is 32.2. The van der Waals surface area contributed by atoms with Gasteiger partial charge in [0.15, 0.2) is 21.4 Å². The molecule has 2 aromatic carbocycles. The third-order valence-electron chi connectivity index (χ3n) is 5.98. The Bertz CT molecular complexity index is 1000. The first kappa shape index (κ1) is 18.1. The molecule has 0 bridgehead atoms. The van der Waals surface area contributed by atoms with Crippen molar-refractivity contribution in [1.82, 2.24) is 0 Å². The lowest BCUT2D eigenvalue weighted by atomic mass is 9.75. The maximum atomic E-state index is 13.2. The number of hydrogen-bond acceptors (Lipinski definition) is 4. The van der Waals surface area contributed by atoms with Crippen LogP contribution in [0.1, 0.15) is 40.7 Å². The lowest BCUT2D eigenvalue weighted by molar-refractivity contribution is -0.117. The standard InChI is InChI=1S/C22H22O4S/c1-14-6-9-16(10-7-14)27(25,26)22-19(12-13-20(22)23)18-11-8-15-4-2-3-5-17(15)21(18)24/h2-7,9-10,18-19,22H,8,11-13H2,1H3/t18-,19+,22?/m1/s1. The van der Waals surface area contributed by atoms with Crippen molar-refractivity contribution in [2.75, 3.05) is 0 Å². The largest absolute Gasteiger partial charge is 0.298 e. The summed E-state index contributed by atoms with van der Waals surface area (Å²) >= 11 is 0. The van der Waals surface area contributed by atoms with Gasteiger partial charge in [-0.2, -0.15) is 0 Å². The minimum Gasteiger partial charge on any atom is -0.298 e. The molecule has 1 saturated carbocycles. The summed E-state index contributed by atoms with van der Waals surface area (Å²) in [6.45, 7) is 1.89. The van der Waals surface area contributed by atoms with E-state index >= 15 is 0 Å². The van der Waals surface area contributed by atoms with E-state index in [9.17, 15) is 18.0 Å². The van der Waals surface area contributed by atoms with Gasteiger partial charge in [0.1, 0.15) is 5.25 Å². The van der Waals surface area contributed by atoms with Crippen LogP contribution in [-0.4, -0.2) is 25.2 Å². The number of carbonyl (C=O) groups excluding carboxylic acids is 2. The normalized spacial score (nSPS) is 25.4. The lowest BCUT2D eigenvalue weighted by Gasteiger charge is -2.30. The molecule has 0 N–H and O–H groups in total. The van der Waals surface area contributed by atoms with Crippen LogP contribution in [0.4, 0.5) is 0 Å². The second-order valence-corrected chi connectivity index (χ2v) is 9.68. The van der Waals surface area contributed by atoms with Crippen molar-refractivity contribution < 1.29 is 18.0 Å². The molecule has 4 nitrogen and oxygen atoms in total. The predicted octanol–water partition coefficient (Wildman–Crippen LogP) is 3.56. The number of ketones is 2. The molecule has 0 radical (unpaired) electrons. The first-order valence-electron chi connectivity index (χ1n) is 9.35. The molecule has 27 heavy (non-hydrogen) atoms. The molecule has 5 heteroatoms. The van der Waals surface area contributed by atoms with Gasteiger partial charge in [0.25, 0.3) is 0 Å². The average molecular weight is 382 g/mol. The zero-order valence-corrected chi connectivity index (χ0v) is 16.0. The molecule has 140 valence electrons. The average Bonchev–Trinajstić information content (AvgIpc) is 3.05. The van der Waals surface area contributed by atoms with E-state index in [1.807, 2.05) is 31.2 Å². The van der Waals surface area contributed by atoms with E-state index in [-0.39, 0.29) is 22.9 Å². The molecule has 0 spiro atoms. The van der Waals surface area contributed by atoms with Crippen LogP contribution in [0.15, 0.2) is 53.4 Å². The molecule has 2 aromatic rings. The minimum absolute atomic E-state index is 0.0133. The second kappa shape index (κ2) is 6.71. The SMILES string of the molecule is Cc1ccc(S(=O)(=O)C2C(=O)CC[C@H]2[C@H]2CCc3ccccc3C2=O)cc1. The molecule has 0 amide bonds. The van der Waals surface area contributed by atoms with Gasteiger partial charge in [0.05, 0.1) is 4.90 Å². The Morgan fingerprint density at radius 2 is 1.59 bits per heavy atom. The molecule has 0 aliphatic heterocycles. The summed E-state index contributed by atoms with van der Waals surface area (Å²) in [7, 11) is -3.81. The van der Waals surface area contributed by atoms with Crippen molar-refractivity contribution in [3.05, 3.63) is 65.2 Å². The summed E-state index contributed by atoms with van der Waals surface area (Å²) in [4.78, 5) is 25.8. The zero-order chi connectivity index (χ0) is 19.2. The van der Waals surface area contributed by atoms with Crippen LogP contribution in [0.2, 0.25) is 0 Å². The van der Waals surface area contributed by atoms with E-state index in [1.165, 1.54) is 0 Å². The first-order valence-corrected chi connectivity index (χ1v) is 10.9. The fourth-order valence-electron chi connectivity index (χ4n) is 4.56. The van der Waals surface area contributed by atoms with Crippen LogP contribution in [0.25, 0.3) is 0 Å². The van der Waals surface area contributed by atoms with E-state index in [0.29, 0.717) is 18.4 Å². The Morgan fingerprint density at radius 3 is 2.33 bits per heavy atom. The lowest BCUT2D eigenvalue weighted by Crippen LogP contribution is -2.39. The predicted molar refractivity (Wildman–Crippen MR) is 102 cm³/mol. The first-order chi connectivity index (χ1) is 12.9. The summed E-state index contributed by atoms with van der Waals surface area (Å²) in [5.74, 6) is -1.12. The van der Waals surface area contributed by atoms with Crippen molar-refractivity contribution >= 4 is 21.4 Å². The summed E-state index contributed by atoms with van der Waals surface area (Å²) in [5, 5.41) is -1.11. The van der Waals surface area contributed by atoms with Crippen LogP contribution in [0.3, 0.4) is 0 Å². The number of rotatable bonds is 3. The molecule has 2 aliphatic carbocycles. The Balaban J connectivity index is 1.70. The number of fused-ring (bicyclic) bond motifs is 1. The van der Waals surface area contributed by atoms with Gasteiger partial charge >= 0.3 is 0 Å². The molecule has 4 rings (SSSR count). The van der Waals surface area contributed by atoms with Crippen LogP contribution in [0.5, 0.6) is 0 Å². The van der Waals surface area contributed by atoms with E-state index in [0.717, 1.165) is 17.5 Å². The number of benzene rings is 2. The van der Waals surface area contributed by atoms with Crippen molar-refractivity contribution in [3.63, 3.8) is 0 Å². The van der Waals surface area contributed by atoms with Gasteiger partial charge in [0, 0.05) is 17.9 Å². The summed E-state index contributed by atoms with van der Waals surface area (Å²) in [5.41, 5.74) is 2.66. The molecular formula is C22H22O4S. The zero-order valence-electron chi connectivity index (χ0n) is 15.2. The summed E-state index contributed by atoms with van der Waals surface area (Å²) in [6.07, 6.45) is 2.04. The second-order valence-electron chi connectivity index (χ2n) is 7.61. The van der Waals surface area contributed by atoms with E-state index in [4.69, 9.17) is 0 Å². The fraction of sp³-hybridized carbons (Fsp3) is 0.364. The van der Waals surface area contributed by atoms with E-state index < -0.39 is 26.9 Å². The topological polar surface area (TPSA) is 68.3 Å². The number of hydrogen-bond donors (Lipinski definition) is 0. The van der Waals surface area contributed by atoms with E-state index in [1.54, 1.807) is 24.3 Å². The minimum atomic E-state index is -3.81. The van der Waals surface area contributed by atoms with Gasteiger partial charge in [-0.25, -0.2) is 8.42 Å². The number of sulfone groups is 1. The smallest absolute Gasteiger partial charge is 0.188 e. The van der Waals surface area contributed by atoms with Gasteiger partial charge in [0.2, 0.25) is 0 Å². The quantitative estimate of drug-likeness (QED) is 0.814. The molecule has 1 fully saturated rings. The molecule has 0 aromatic heterocycles. The van der Waals surface area contributed by atoms with Crippen LogP contribution in [-0.2, 0) is 21.1 Å². The maximum absolute atomic E-state index is 13.2. The highest BCUT2D eigenvalue weighted by Gasteiger charge is 2.50. The van der Waals surface area contributed by atoms with Crippen molar-refractivity contribution in [3.8, 4) is 0 Å². The van der Waals surface area contributed by atoms with Crippen molar-refractivity contribution in [2.45, 2.75) is 42.8 Å². The molecule has 1 unspecified atom stereocenters. The molecular weight excluding hydrogens is 360 g/mol. The van der Waals surface area contributed by atoms with Gasteiger partial charge in [-0.05, 0) is 49.8 Å². The van der Waals surface area contributed by atoms with Crippen LogP contribution in [0, 0.1) is 18.8 Å². The summed E-state index contributed by atoms with van der Waals surface area (Å²) < 4.78 is 26.5. The van der Waals surface area contributed by atoms with Crippen molar-refractivity contribution in [2.24, 2.45) is 11.8 Å². The Kier molecular flexibility index (Phi) is 4.50. The van der Waals surface area contributed by atoms with Crippen LogP contribution < -0.4 is 0 Å². The fourth-order valence-corrected chi connectivity index (χ4v) is 6.62. The third kappa shape index (κ3) is 3.04. The van der Waals surface area contributed by atoms with Gasteiger partial charge in [-0.15, -0.1) is 0 Å². The maximum Gasteiger partial charge on any atom is 0.188 e. The molecule has 2 aliphatic rings. The summed E-state index contributed by atoms with van der Waals surface area (Å²) in [6, 6.07) is 14.1. The highest BCUT2D eigenvalue weighted by molar-refractivity contribution is 7.92. The molecule has 0 saturated heterocycles. The third-order valence-corrected chi connectivity index (χ3v) is 8.19. The Hall–Kier alpha value is -2.27. The number of carbonyl (C=O) groups is 2. The van der Waals surface area contributed by atoms with E-state index in [2.05, 4.69) is 0 Å².